The van der Waals surface area contributed by atoms with Crippen LogP contribution in [-0.2, 0) is 18.0 Å². The number of esters is 1. The molecule has 1 aromatic heterocycles. The van der Waals surface area contributed by atoms with E-state index >= 15 is 0 Å². The van der Waals surface area contributed by atoms with Gasteiger partial charge in [-0.05, 0) is 30.7 Å². The predicted molar refractivity (Wildman–Crippen MR) is 74.1 cm³/mol. The summed E-state index contributed by atoms with van der Waals surface area (Å²) in [7, 11) is 2.81. The molecule has 0 spiro atoms. The second-order valence-corrected chi connectivity index (χ2v) is 4.93. The van der Waals surface area contributed by atoms with Gasteiger partial charge in [0.1, 0.15) is 12.6 Å². The van der Waals surface area contributed by atoms with E-state index in [1.807, 2.05) is 6.92 Å². The van der Waals surface area contributed by atoms with Crippen LogP contribution in [-0.4, -0.2) is 13.1 Å². The first kappa shape index (κ1) is 16.0. The van der Waals surface area contributed by atoms with E-state index in [0.29, 0.717) is 16.8 Å². The highest BCUT2D eigenvalue weighted by atomic mass is 19.4. The number of methoxy groups -OCH3 is 1. The number of ether oxygens (including phenoxy) is 1. The third-order valence-electron chi connectivity index (χ3n) is 3.40. The second kappa shape index (κ2) is 5.79. The molecular weight excluding hydrogens is 295 g/mol. The van der Waals surface area contributed by atoms with Crippen LogP contribution in [0.4, 0.5) is 13.2 Å². The average molecular weight is 310 g/mol. The smallest absolute Gasteiger partial charge is 0.422 e. The maximum Gasteiger partial charge on any atom is 0.422 e. The van der Waals surface area contributed by atoms with Gasteiger partial charge in [-0.2, -0.15) is 13.2 Å². The first-order valence-electron chi connectivity index (χ1n) is 6.50. The lowest BCUT2D eigenvalue weighted by Crippen LogP contribution is -2.32. The van der Waals surface area contributed by atoms with E-state index in [2.05, 4.69) is 4.74 Å². The van der Waals surface area contributed by atoms with Gasteiger partial charge in [-0.25, -0.2) is 9.36 Å². The molecule has 0 atom stereocenters. The van der Waals surface area contributed by atoms with Crippen LogP contribution >= 0.6 is 0 Å². The topological polar surface area (TPSA) is 30.2 Å². The quantitative estimate of drug-likeness (QED) is 0.629. The third kappa shape index (κ3) is 3.10. The number of halogens is 3. The summed E-state index contributed by atoms with van der Waals surface area (Å²) in [4.78, 5) is 11.6. The number of hydrogen-bond donors (Lipinski definition) is 0. The molecule has 0 saturated heterocycles. The highest BCUT2D eigenvalue weighted by Gasteiger charge is 2.33. The van der Waals surface area contributed by atoms with E-state index in [-0.39, 0.29) is 0 Å². The van der Waals surface area contributed by atoms with Gasteiger partial charge in [0.05, 0.1) is 12.7 Å². The summed E-state index contributed by atoms with van der Waals surface area (Å²) in [6.07, 6.45) is -3.36. The number of benzene rings is 1. The third-order valence-corrected chi connectivity index (χ3v) is 3.40. The van der Waals surface area contributed by atoms with Crippen LogP contribution in [0.2, 0.25) is 0 Å². The van der Waals surface area contributed by atoms with Crippen molar-refractivity contribution in [3.8, 4) is 11.3 Å². The number of aryl methyl sites for hydroxylation is 2. The van der Waals surface area contributed by atoms with Gasteiger partial charge in [-0.15, -0.1) is 0 Å². The van der Waals surface area contributed by atoms with Gasteiger partial charge in [-0.1, -0.05) is 6.07 Å². The van der Waals surface area contributed by atoms with E-state index in [9.17, 15) is 18.0 Å². The molecule has 22 heavy (non-hydrogen) atoms. The Kier molecular flexibility index (Phi) is 4.21. The van der Waals surface area contributed by atoms with Crippen molar-refractivity contribution in [2.75, 3.05) is 7.11 Å². The molecule has 0 amide bonds. The molecule has 0 fully saturated rings. The first-order chi connectivity index (χ1) is 10.2. The molecule has 0 N–H and O–H groups in total. The van der Waals surface area contributed by atoms with E-state index in [4.69, 9.17) is 0 Å². The van der Waals surface area contributed by atoms with Crippen LogP contribution in [0.3, 0.4) is 0 Å². The van der Waals surface area contributed by atoms with Gasteiger partial charge < -0.3 is 4.74 Å². The highest BCUT2D eigenvalue weighted by molar-refractivity contribution is 5.91. The Hall–Kier alpha value is -2.37. The number of pyridine rings is 1. The van der Waals surface area contributed by atoms with Crippen molar-refractivity contribution in [3.63, 3.8) is 0 Å². The Balaban J connectivity index is 2.54. The lowest BCUT2D eigenvalue weighted by molar-refractivity contribution is -0.661. The minimum atomic E-state index is -4.39. The van der Waals surface area contributed by atoms with Crippen LogP contribution in [0, 0.1) is 6.92 Å². The summed E-state index contributed by atoms with van der Waals surface area (Å²) in [5.41, 5.74) is 1.74. The SMILES string of the molecule is COC(=O)c1ccc(C)c(-c2ccc(C(F)(F)F)c[n+]2C)c1. The van der Waals surface area contributed by atoms with Crippen molar-refractivity contribution in [3.05, 3.63) is 53.2 Å². The standard InChI is InChI=1S/C16H15F3NO2/c1-10-4-5-11(15(21)22-3)8-13(10)14-7-6-12(9-20(14)2)16(17,18)19/h4-9H,1-3H3/q+1. The van der Waals surface area contributed by atoms with E-state index < -0.39 is 17.7 Å². The van der Waals surface area contributed by atoms with Crippen LogP contribution in [0.15, 0.2) is 36.5 Å². The predicted octanol–water partition coefficient (Wildman–Crippen LogP) is 3.29. The maximum atomic E-state index is 12.7. The van der Waals surface area contributed by atoms with E-state index in [1.165, 1.54) is 24.8 Å². The molecule has 2 rings (SSSR count). The molecule has 1 aromatic carbocycles. The summed E-state index contributed by atoms with van der Waals surface area (Å²) in [5, 5.41) is 0. The highest BCUT2D eigenvalue weighted by Crippen LogP contribution is 2.30. The number of nitrogens with zero attached hydrogens (tertiary/aromatic N) is 1. The zero-order valence-corrected chi connectivity index (χ0v) is 12.4. The van der Waals surface area contributed by atoms with Gasteiger partial charge in [-0.3, -0.25) is 0 Å². The molecule has 0 aliphatic heterocycles. The van der Waals surface area contributed by atoms with Crippen molar-refractivity contribution in [2.45, 2.75) is 13.1 Å². The van der Waals surface area contributed by atoms with Crippen LogP contribution < -0.4 is 4.57 Å². The van der Waals surface area contributed by atoms with Crippen molar-refractivity contribution in [1.82, 2.24) is 0 Å². The molecule has 3 nitrogen and oxygen atoms in total. The molecule has 6 heteroatoms. The Bertz CT molecular complexity index is 724. The monoisotopic (exact) mass is 310 g/mol. The Labute approximate surface area is 126 Å². The minimum Gasteiger partial charge on any atom is -0.465 e. The maximum absolute atomic E-state index is 12.7. The normalized spacial score (nSPS) is 11.4. The zero-order chi connectivity index (χ0) is 16.5. The molecule has 116 valence electrons. The first-order valence-corrected chi connectivity index (χ1v) is 6.50. The number of rotatable bonds is 2. The number of carbonyl (C=O) groups is 1. The molecule has 1 heterocycles. The van der Waals surface area contributed by atoms with Gasteiger partial charge in [0.2, 0.25) is 5.69 Å². The zero-order valence-electron chi connectivity index (χ0n) is 12.4. The summed E-state index contributed by atoms with van der Waals surface area (Å²) in [6, 6.07) is 7.39. The lowest BCUT2D eigenvalue weighted by atomic mass is 10.0. The second-order valence-electron chi connectivity index (χ2n) is 4.93. The van der Waals surface area contributed by atoms with Crippen LogP contribution in [0.5, 0.6) is 0 Å². The van der Waals surface area contributed by atoms with Crippen molar-refractivity contribution in [2.24, 2.45) is 7.05 Å². The van der Waals surface area contributed by atoms with Gasteiger partial charge in [0.25, 0.3) is 0 Å². The molecule has 0 aliphatic rings. The Morgan fingerprint density at radius 3 is 2.41 bits per heavy atom. The van der Waals surface area contributed by atoms with Gasteiger partial charge >= 0.3 is 12.1 Å². The minimum absolute atomic E-state index is 0.350. The summed E-state index contributed by atoms with van der Waals surface area (Å²) < 4.78 is 44.2. The molecule has 0 unspecified atom stereocenters. The van der Waals surface area contributed by atoms with Crippen molar-refractivity contribution < 1.29 is 27.3 Å². The molecule has 0 saturated carbocycles. The number of aromatic nitrogens is 1. The molecule has 2 aromatic rings. The molecule has 0 bridgehead atoms. The number of hydrogen-bond acceptors (Lipinski definition) is 2. The average Bonchev–Trinajstić information content (AvgIpc) is 2.46. The molecule has 0 aliphatic carbocycles. The molecular formula is C16H15F3NO2+. The van der Waals surface area contributed by atoms with E-state index in [1.54, 1.807) is 18.2 Å². The number of alkyl halides is 3. The summed E-state index contributed by atoms with van der Waals surface area (Å²) >= 11 is 0. The molecule has 0 radical (unpaired) electrons. The number of carbonyl (C=O) groups excluding carboxylic acids is 1. The fourth-order valence-corrected chi connectivity index (χ4v) is 2.20. The van der Waals surface area contributed by atoms with Crippen LogP contribution in [0.1, 0.15) is 21.5 Å². The Morgan fingerprint density at radius 2 is 1.86 bits per heavy atom. The fourth-order valence-electron chi connectivity index (χ4n) is 2.20. The Morgan fingerprint density at radius 1 is 1.18 bits per heavy atom. The lowest BCUT2D eigenvalue weighted by Gasteiger charge is -2.09. The largest absolute Gasteiger partial charge is 0.465 e. The summed E-state index contributed by atoms with van der Waals surface area (Å²) in [5.74, 6) is -0.490. The van der Waals surface area contributed by atoms with Gasteiger partial charge in [0, 0.05) is 11.6 Å². The van der Waals surface area contributed by atoms with Gasteiger partial charge in [0.15, 0.2) is 6.20 Å². The van der Waals surface area contributed by atoms with Crippen molar-refractivity contribution in [1.29, 1.82) is 0 Å². The van der Waals surface area contributed by atoms with E-state index in [0.717, 1.165) is 17.8 Å². The fraction of sp³-hybridized carbons (Fsp3) is 0.250. The van der Waals surface area contributed by atoms with Crippen molar-refractivity contribution >= 4 is 5.97 Å². The summed E-state index contributed by atoms with van der Waals surface area (Å²) in [6.45, 7) is 1.83. The van der Waals surface area contributed by atoms with Crippen LogP contribution in [0.25, 0.3) is 11.3 Å².